The van der Waals surface area contributed by atoms with Crippen LogP contribution in [0.1, 0.15) is 12.1 Å². The van der Waals surface area contributed by atoms with Crippen molar-refractivity contribution in [3.8, 4) is 10.7 Å². The van der Waals surface area contributed by atoms with E-state index < -0.39 is 0 Å². The van der Waals surface area contributed by atoms with Gasteiger partial charge in [0.1, 0.15) is 6.54 Å². The normalized spacial score (nSPS) is 17.5. The summed E-state index contributed by atoms with van der Waals surface area (Å²) in [6.45, 7) is 4.47. The number of hydrogen-bond acceptors (Lipinski definition) is 5. The number of para-hydroxylation sites is 2. The molecule has 1 aliphatic rings. The molecule has 0 saturated carbocycles. The van der Waals surface area contributed by atoms with Crippen molar-refractivity contribution in [3.63, 3.8) is 0 Å². The second-order valence-electron chi connectivity index (χ2n) is 6.51. The molecule has 0 aliphatic carbocycles. The summed E-state index contributed by atoms with van der Waals surface area (Å²) in [5.41, 5.74) is 10.4. The molecule has 1 saturated heterocycles. The fourth-order valence-corrected chi connectivity index (χ4v) is 4.21. The Balaban J connectivity index is 1.71. The maximum absolute atomic E-state index is 12.8. The number of aromatic nitrogens is 3. The summed E-state index contributed by atoms with van der Waals surface area (Å²) in [4.78, 5) is 24.9. The fraction of sp³-hybridized carbons (Fsp3) is 0.389. The molecule has 1 fully saturated rings. The van der Waals surface area contributed by atoms with Gasteiger partial charge in [0.25, 0.3) is 0 Å². The molecule has 2 aromatic heterocycles. The third kappa shape index (κ3) is 2.94. The van der Waals surface area contributed by atoms with E-state index in [0.29, 0.717) is 19.0 Å². The molecule has 1 aliphatic heterocycles. The Morgan fingerprint density at radius 3 is 2.96 bits per heavy atom. The highest BCUT2D eigenvalue weighted by molar-refractivity contribution is 7.13. The molecule has 4 rings (SSSR count). The van der Waals surface area contributed by atoms with Gasteiger partial charge in [0.05, 0.1) is 27.1 Å². The summed E-state index contributed by atoms with van der Waals surface area (Å²) in [6.07, 6.45) is 0.994. The Bertz CT molecular complexity index is 915. The van der Waals surface area contributed by atoms with E-state index in [1.54, 1.807) is 11.3 Å². The zero-order valence-corrected chi connectivity index (χ0v) is 15.0. The Morgan fingerprint density at radius 2 is 2.24 bits per heavy atom. The second kappa shape index (κ2) is 6.57. The van der Waals surface area contributed by atoms with Gasteiger partial charge < -0.3 is 15.2 Å². The number of fused-ring (bicyclic) bond motifs is 1. The fourth-order valence-electron chi connectivity index (χ4n) is 3.41. The summed E-state index contributed by atoms with van der Waals surface area (Å²) in [5.74, 6) is 1.37. The molecule has 0 bridgehead atoms. The number of hydrogen-bond donors (Lipinski definition) is 1. The van der Waals surface area contributed by atoms with Crippen LogP contribution in [0.2, 0.25) is 0 Å². The number of amides is 1. The zero-order valence-electron chi connectivity index (χ0n) is 14.2. The van der Waals surface area contributed by atoms with E-state index in [1.807, 2.05) is 46.2 Å². The van der Waals surface area contributed by atoms with Crippen LogP contribution in [-0.2, 0) is 11.3 Å². The van der Waals surface area contributed by atoms with Gasteiger partial charge in [-0.3, -0.25) is 4.79 Å². The SMILES string of the molecule is Cc1ncsc1-c1nc2ccccc2n1CC(=O)N1CC[C@H](CN)C1. The number of nitrogens with zero attached hydrogens (tertiary/aromatic N) is 4. The first-order valence-corrected chi connectivity index (χ1v) is 9.39. The van der Waals surface area contributed by atoms with E-state index in [0.717, 1.165) is 46.9 Å². The number of likely N-dealkylation sites (tertiary alicyclic amines) is 1. The first-order valence-electron chi connectivity index (χ1n) is 8.51. The lowest BCUT2D eigenvalue weighted by Gasteiger charge is -2.18. The molecule has 6 nitrogen and oxygen atoms in total. The van der Waals surface area contributed by atoms with Gasteiger partial charge in [-0.2, -0.15) is 0 Å². The minimum absolute atomic E-state index is 0.127. The molecule has 3 aromatic rings. The van der Waals surface area contributed by atoms with Crippen molar-refractivity contribution in [2.45, 2.75) is 19.9 Å². The number of nitrogens with two attached hydrogens (primary N) is 1. The van der Waals surface area contributed by atoms with Gasteiger partial charge >= 0.3 is 0 Å². The van der Waals surface area contributed by atoms with Crippen LogP contribution >= 0.6 is 11.3 Å². The largest absolute Gasteiger partial charge is 0.341 e. The van der Waals surface area contributed by atoms with Crippen LogP contribution in [0.15, 0.2) is 29.8 Å². The quantitative estimate of drug-likeness (QED) is 0.779. The van der Waals surface area contributed by atoms with E-state index in [4.69, 9.17) is 10.7 Å². The van der Waals surface area contributed by atoms with Crippen molar-refractivity contribution < 1.29 is 4.79 Å². The maximum atomic E-state index is 12.8. The second-order valence-corrected chi connectivity index (χ2v) is 7.36. The molecule has 1 atom stereocenters. The molecule has 0 spiro atoms. The van der Waals surface area contributed by atoms with E-state index in [1.165, 1.54) is 0 Å². The number of imidazole rings is 1. The number of carbonyl (C=O) groups excluding carboxylic acids is 1. The molecule has 2 N–H and O–H groups in total. The molecule has 3 heterocycles. The predicted octanol–water partition coefficient (Wildman–Crippen LogP) is 2.28. The van der Waals surface area contributed by atoms with Gasteiger partial charge in [-0.15, -0.1) is 11.3 Å². The van der Waals surface area contributed by atoms with Crippen molar-refractivity contribution in [1.82, 2.24) is 19.4 Å². The zero-order chi connectivity index (χ0) is 17.4. The van der Waals surface area contributed by atoms with E-state index in [9.17, 15) is 4.79 Å². The molecule has 25 heavy (non-hydrogen) atoms. The Kier molecular flexibility index (Phi) is 4.27. The molecule has 130 valence electrons. The minimum Gasteiger partial charge on any atom is -0.341 e. The van der Waals surface area contributed by atoms with Crippen LogP contribution in [0, 0.1) is 12.8 Å². The van der Waals surface area contributed by atoms with E-state index >= 15 is 0 Å². The Hall–Kier alpha value is -2.25. The first kappa shape index (κ1) is 16.2. The van der Waals surface area contributed by atoms with Crippen molar-refractivity contribution in [1.29, 1.82) is 0 Å². The van der Waals surface area contributed by atoms with Crippen LogP contribution in [0.4, 0.5) is 0 Å². The van der Waals surface area contributed by atoms with Crippen LogP contribution in [0.25, 0.3) is 21.7 Å². The molecule has 7 heteroatoms. The van der Waals surface area contributed by atoms with Gasteiger partial charge in [0.2, 0.25) is 5.91 Å². The average molecular weight is 355 g/mol. The van der Waals surface area contributed by atoms with Gasteiger partial charge in [0.15, 0.2) is 5.82 Å². The Morgan fingerprint density at radius 1 is 1.40 bits per heavy atom. The summed E-state index contributed by atoms with van der Waals surface area (Å²) < 4.78 is 2.02. The van der Waals surface area contributed by atoms with Crippen LogP contribution in [0.5, 0.6) is 0 Å². The van der Waals surface area contributed by atoms with Crippen molar-refractivity contribution in [3.05, 3.63) is 35.5 Å². The van der Waals surface area contributed by atoms with Crippen molar-refractivity contribution >= 4 is 28.3 Å². The number of aryl methyl sites for hydroxylation is 1. The van der Waals surface area contributed by atoms with E-state index in [2.05, 4.69) is 4.98 Å². The minimum atomic E-state index is 0.127. The lowest BCUT2D eigenvalue weighted by atomic mass is 10.1. The molecular formula is C18H21N5OS. The topological polar surface area (TPSA) is 77.0 Å². The summed E-state index contributed by atoms with van der Waals surface area (Å²) in [5, 5.41) is 0. The molecular weight excluding hydrogens is 334 g/mol. The van der Waals surface area contributed by atoms with Crippen molar-refractivity contribution in [2.24, 2.45) is 11.7 Å². The summed E-state index contributed by atoms with van der Waals surface area (Å²) in [6, 6.07) is 7.95. The molecule has 0 radical (unpaired) electrons. The Labute approximate surface area is 150 Å². The van der Waals surface area contributed by atoms with Gasteiger partial charge in [-0.25, -0.2) is 9.97 Å². The van der Waals surface area contributed by atoms with Gasteiger partial charge in [-0.05, 0) is 37.9 Å². The van der Waals surface area contributed by atoms with Crippen LogP contribution in [0.3, 0.4) is 0 Å². The predicted molar refractivity (Wildman–Crippen MR) is 99.3 cm³/mol. The van der Waals surface area contributed by atoms with Gasteiger partial charge in [-0.1, -0.05) is 12.1 Å². The molecule has 0 unspecified atom stereocenters. The number of carbonyl (C=O) groups is 1. The average Bonchev–Trinajstić information content (AvgIpc) is 3.33. The number of rotatable bonds is 4. The third-order valence-corrected chi connectivity index (χ3v) is 5.79. The summed E-state index contributed by atoms with van der Waals surface area (Å²) >= 11 is 1.56. The highest BCUT2D eigenvalue weighted by atomic mass is 32.1. The number of benzene rings is 1. The third-order valence-electron chi connectivity index (χ3n) is 4.87. The smallest absolute Gasteiger partial charge is 0.242 e. The molecule has 1 aromatic carbocycles. The lowest BCUT2D eigenvalue weighted by molar-refractivity contribution is -0.130. The first-order chi connectivity index (χ1) is 12.2. The molecule has 1 amide bonds. The highest BCUT2D eigenvalue weighted by Crippen LogP contribution is 2.30. The highest BCUT2D eigenvalue weighted by Gasteiger charge is 2.26. The van der Waals surface area contributed by atoms with Crippen LogP contribution in [-0.4, -0.2) is 45.0 Å². The standard InChI is InChI=1S/C18H21N5OS/c1-12-17(25-11-20-12)18-21-14-4-2-3-5-15(14)23(18)10-16(24)22-7-6-13(8-19)9-22/h2-5,11,13H,6-10,19H2,1H3/t13-/m1/s1. The van der Waals surface area contributed by atoms with E-state index in [-0.39, 0.29) is 5.91 Å². The van der Waals surface area contributed by atoms with Crippen LogP contribution < -0.4 is 5.73 Å². The monoisotopic (exact) mass is 355 g/mol. The lowest BCUT2D eigenvalue weighted by Crippen LogP contribution is -2.32. The summed E-state index contributed by atoms with van der Waals surface area (Å²) in [7, 11) is 0. The number of thiazole rings is 1. The van der Waals surface area contributed by atoms with Gasteiger partial charge in [0, 0.05) is 13.1 Å². The van der Waals surface area contributed by atoms with Crippen molar-refractivity contribution in [2.75, 3.05) is 19.6 Å². The maximum Gasteiger partial charge on any atom is 0.242 e.